The van der Waals surface area contributed by atoms with Gasteiger partial charge in [0.05, 0.1) is 5.69 Å². The van der Waals surface area contributed by atoms with E-state index >= 15 is 0 Å². The van der Waals surface area contributed by atoms with Crippen molar-refractivity contribution in [3.8, 4) is 0 Å². The van der Waals surface area contributed by atoms with E-state index in [9.17, 15) is 0 Å². The van der Waals surface area contributed by atoms with Gasteiger partial charge in [0.1, 0.15) is 5.82 Å². The number of imidazole rings is 1. The second-order valence-electron chi connectivity index (χ2n) is 4.01. The maximum atomic E-state index is 4.42. The van der Waals surface area contributed by atoms with Gasteiger partial charge < -0.3 is 4.98 Å². The molecule has 0 unspecified atom stereocenters. The fourth-order valence-corrected chi connectivity index (χ4v) is 1.76. The van der Waals surface area contributed by atoms with E-state index in [0.717, 1.165) is 17.9 Å². The molecule has 0 amide bonds. The summed E-state index contributed by atoms with van der Waals surface area (Å²) in [6.07, 6.45) is 2.90. The molecule has 0 saturated heterocycles. The summed E-state index contributed by atoms with van der Waals surface area (Å²) in [5, 5.41) is 0. The standard InChI is InChI=1S/C13H16N2/c1-9-5-4-6-12(10(9)2)7-13-8-14-11(3)15-13/h4-6,8H,7H2,1-3H3,(H,14,15). The maximum absolute atomic E-state index is 4.42. The first-order valence-electron chi connectivity index (χ1n) is 5.23. The first kappa shape index (κ1) is 9.97. The van der Waals surface area contributed by atoms with Gasteiger partial charge in [-0.15, -0.1) is 0 Å². The highest BCUT2D eigenvalue weighted by Crippen LogP contribution is 2.15. The fraction of sp³-hybridized carbons (Fsp3) is 0.308. The highest BCUT2D eigenvalue weighted by atomic mass is 14.9. The van der Waals surface area contributed by atoms with Crippen molar-refractivity contribution in [1.29, 1.82) is 0 Å². The lowest BCUT2D eigenvalue weighted by atomic mass is 10.0. The second-order valence-corrected chi connectivity index (χ2v) is 4.01. The quantitative estimate of drug-likeness (QED) is 0.793. The molecule has 1 N–H and O–H groups in total. The van der Waals surface area contributed by atoms with Gasteiger partial charge in [-0.25, -0.2) is 4.98 Å². The Bertz CT molecular complexity index is 469. The van der Waals surface area contributed by atoms with Crippen LogP contribution in [0.15, 0.2) is 24.4 Å². The second kappa shape index (κ2) is 3.89. The van der Waals surface area contributed by atoms with Crippen LogP contribution >= 0.6 is 0 Å². The van der Waals surface area contributed by atoms with E-state index < -0.39 is 0 Å². The molecule has 1 aromatic carbocycles. The summed E-state index contributed by atoms with van der Waals surface area (Å²) in [4.78, 5) is 7.53. The lowest BCUT2D eigenvalue weighted by Gasteiger charge is -2.06. The van der Waals surface area contributed by atoms with Crippen LogP contribution in [0.4, 0.5) is 0 Å². The van der Waals surface area contributed by atoms with Gasteiger partial charge in [-0.2, -0.15) is 0 Å². The van der Waals surface area contributed by atoms with Crippen molar-refractivity contribution >= 4 is 0 Å². The van der Waals surface area contributed by atoms with Crippen LogP contribution in [0.1, 0.15) is 28.2 Å². The normalized spacial score (nSPS) is 10.6. The minimum absolute atomic E-state index is 0.915. The summed E-state index contributed by atoms with van der Waals surface area (Å²) in [7, 11) is 0. The molecule has 2 rings (SSSR count). The minimum atomic E-state index is 0.915. The molecule has 2 nitrogen and oxygen atoms in total. The van der Waals surface area contributed by atoms with E-state index in [1.165, 1.54) is 16.7 Å². The molecule has 0 aliphatic carbocycles. The zero-order valence-corrected chi connectivity index (χ0v) is 9.46. The number of benzene rings is 1. The van der Waals surface area contributed by atoms with Crippen molar-refractivity contribution in [1.82, 2.24) is 9.97 Å². The highest BCUT2D eigenvalue weighted by molar-refractivity contribution is 5.35. The Morgan fingerprint density at radius 2 is 2.00 bits per heavy atom. The lowest BCUT2D eigenvalue weighted by Crippen LogP contribution is -1.94. The van der Waals surface area contributed by atoms with Crippen molar-refractivity contribution in [2.75, 3.05) is 0 Å². The van der Waals surface area contributed by atoms with Crippen LogP contribution in [-0.2, 0) is 6.42 Å². The van der Waals surface area contributed by atoms with E-state index in [-0.39, 0.29) is 0 Å². The molecule has 0 bridgehead atoms. The highest BCUT2D eigenvalue weighted by Gasteiger charge is 2.03. The number of nitrogens with one attached hydrogen (secondary N) is 1. The largest absolute Gasteiger partial charge is 0.349 e. The van der Waals surface area contributed by atoms with Gasteiger partial charge >= 0.3 is 0 Å². The van der Waals surface area contributed by atoms with Crippen molar-refractivity contribution in [2.24, 2.45) is 0 Å². The summed E-state index contributed by atoms with van der Waals surface area (Å²) < 4.78 is 0. The van der Waals surface area contributed by atoms with Crippen molar-refractivity contribution in [3.63, 3.8) is 0 Å². The molecule has 0 aliphatic rings. The van der Waals surface area contributed by atoms with Crippen LogP contribution in [0, 0.1) is 20.8 Å². The minimum Gasteiger partial charge on any atom is -0.349 e. The molecule has 0 atom stereocenters. The predicted molar refractivity (Wildman–Crippen MR) is 62.0 cm³/mol. The van der Waals surface area contributed by atoms with Gasteiger partial charge in [0, 0.05) is 12.6 Å². The number of nitrogens with zero attached hydrogens (tertiary/aromatic N) is 1. The summed E-state index contributed by atoms with van der Waals surface area (Å²) in [5.41, 5.74) is 5.20. The number of aryl methyl sites for hydroxylation is 2. The first-order chi connectivity index (χ1) is 7.16. The maximum Gasteiger partial charge on any atom is 0.103 e. The summed E-state index contributed by atoms with van der Waals surface area (Å²) >= 11 is 0. The van der Waals surface area contributed by atoms with E-state index in [4.69, 9.17) is 0 Å². The molecule has 0 radical (unpaired) electrons. The third kappa shape index (κ3) is 2.09. The number of H-pyrrole nitrogens is 1. The van der Waals surface area contributed by atoms with Crippen molar-refractivity contribution < 1.29 is 0 Å². The van der Waals surface area contributed by atoms with Gasteiger partial charge in [-0.1, -0.05) is 18.2 Å². The third-order valence-corrected chi connectivity index (χ3v) is 2.85. The Morgan fingerprint density at radius 1 is 1.20 bits per heavy atom. The number of aromatic amines is 1. The Labute approximate surface area is 90.4 Å². The Hall–Kier alpha value is -1.57. The van der Waals surface area contributed by atoms with Crippen LogP contribution in [0.2, 0.25) is 0 Å². The van der Waals surface area contributed by atoms with E-state index in [2.05, 4.69) is 42.0 Å². The average molecular weight is 200 g/mol. The van der Waals surface area contributed by atoms with Gasteiger partial charge in [0.15, 0.2) is 0 Å². The Balaban J connectivity index is 2.28. The predicted octanol–water partition coefficient (Wildman–Crippen LogP) is 2.93. The number of aromatic nitrogens is 2. The summed E-state index contributed by atoms with van der Waals surface area (Å²) in [6.45, 7) is 6.30. The van der Waals surface area contributed by atoms with E-state index in [1.807, 2.05) is 13.1 Å². The SMILES string of the molecule is Cc1nc(Cc2cccc(C)c2C)c[nH]1. The van der Waals surface area contributed by atoms with Crippen LogP contribution < -0.4 is 0 Å². The lowest BCUT2D eigenvalue weighted by molar-refractivity contribution is 1.05. The first-order valence-corrected chi connectivity index (χ1v) is 5.23. The average Bonchev–Trinajstić information content (AvgIpc) is 2.59. The topological polar surface area (TPSA) is 28.7 Å². The Morgan fingerprint density at radius 3 is 2.67 bits per heavy atom. The van der Waals surface area contributed by atoms with Gasteiger partial charge in [-0.05, 0) is 37.5 Å². The van der Waals surface area contributed by atoms with Gasteiger partial charge in [0.2, 0.25) is 0 Å². The van der Waals surface area contributed by atoms with Crippen LogP contribution in [0.25, 0.3) is 0 Å². The fourth-order valence-electron chi connectivity index (χ4n) is 1.76. The van der Waals surface area contributed by atoms with E-state index in [0.29, 0.717) is 0 Å². The molecule has 0 spiro atoms. The molecule has 2 heteroatoms. The van der Waals surface area contributed by atoms with Crippen LogP contribution in [-0.4, -0.2) is 9.97 Å². The number of hydrogen-bond acceptors (Lipinski definition) is 1. The monoisotopic (exact) mass is 200 g/mol. The summed E-state index contributed by atoms with van der Waals surface area (Å²) in [5.74, 6) is 0.982. The van der Waals surface area contributed by atoms with Crippen LogP contribution in [0.5, 0.6) is 0 Å². The van der Waals surface area contributed by atoms with Crippen LogP contribution in [0.3, 0.4) is 0 Å². The molecule has 15 heavy (non-hydrogen) atoms. The Kier molecular flexibility index (Phi) is 2.58. The molecule has 78 valence electrons. The van der Waals surface area contributed by atoms with Gasteiger partial charge in [-0.3, -0.25) is 0 Å². The molecular weight excluding hydrogens is 184 g/mol. The van der Waals surface area contributed by atoms with E-state index in [1.54, 1.807) is 0 Å². The zero-order chi connectivity index (χ0) is 10.8. The van der Waals surface area contributed by atoms with Crippen molar-refractivity contribution in [2.45, 2.75) is 27.2 Å². The van der Waals surface area contributed by atoms with Gasteiger partial charge in [0.25, 0.3) is 0 Å². The molecular formula is C13H16N2. The third-order valence-electron chi connectivity index (χ3n) is 2.85. The molecule has 0 fully saturated rings. The molecule has 0 saturated carbocycles. The molecule has 2 aromatic rings. The number of hydrogen-bond donors (Lipinski definition) is 1. The van der Waals surface area contributed by atoms with Crippen molar-refractivity contribution in [3.05, 3.63) is 52.6 Å². The zero-order valence-electron chi connectivity index (χ0n) is 9.46. The molecule has 0 aliphatic heterocycles. The summed E-state index contributed by atoms with van der Waals surface area (Å²) in [6, 6.07) is 6.43. The molecule has 1 heterocycles. The molecule has 1 aromatic heterocycles. The number of rotatable bonds is 2. The smallest absolute Gasteiger partial charge is 0.103 e.